The Kier molecular flexibility index (Phi) is 5.07. The maximum Gasteiger partial charge on any atom is 0.272 e. The number of nitrogens with zero attached hydrogens (tertiary/aromatic N) is 4. The molecule has 148 valence electrons. The highest BCUT2D eigenvalue weighted by molar-refractivity contribution is 5.99. The monoisotopic (exact) mass is 393 g/mol. The average Bonchev–Trinajstić information content (AvgIpc) is 3.32. The van der Waals surface area contributed by atoms with E-state index in [4.69, 9.17) is 4.52 Å². The number of amides is 1. The largest absolute Gasteiger partial charge is 0.342 e. The first kappa shape index (κ1) is 18.8. The normalized spacial score (nSPS) is 11.3. The zero-order chi connectivity index (χ0) is 20.4. The number of hydrogen-bond acceptors (Lipinski definition) is 5. The second kappa shape index (κ2) is 7.83. The Labute approximate surface area is 166 Å². The third-order valence-electron chi connectivity index (χ3n) is 4.40. The van der Waals surface area contributed by atoms with Crippen molar-refractivity contribution in [3.8, 4) is 11.4 Å². The van der Waals surface area contributed by atoms with Gasteiger partial charge in [0.1, 0.15) is 11.6 Å². The number of nitrogens with one attached hydrogen (secondary N) is 1. The lowest BCUT2D eigenvalue weighted by atomic mass is 10.1. The molecule has 3 aromatic heterocycles. The fraction of sp³-hybridized carbons (Fsp3) is 0.238. The summed E-state index contributed by atoms with van der Waals surface area (Å²) in [6.07, 6.45) is 2.67. The van der Waals surface area contributed by atoms with E-state index in [1.165, 1.54) is 12.1 Å². The standard InChI is InChI=1S/C21H20FN5O2/c1-13(2)11-17-24-19(16-5-3-4-10-27(16)17)21(28)23-12-18-25-20(26-29-18)14-6-8-15(22)9-7-14/h3-10,13H,11-12H2,1-2H3,(H,23,28). The van der Waals surface area contributed by atoms with Gasteiger partial charge in [0.05, 0.1) is 12.1 Å². The van der Waals surface area contributed by atoms with Crippen LogP contribution in [-0.2, 0) is 13.0 Å². The Morgan fingerprint density at radius 2 is 1.97 bits per heavy atom. The third-order valence-corrected chi connectivity index (χ3v) is 4.40. The highest BCUT2D eigenvalue weighted by atomic mass is 19.1. The summed E-state index contributed by atoms with van der Waals surface area (Å²) in [7, 11) is 0. The summed E-state index contributed by atoms with van der Waals surface area (Å²) in [5.41, 5.74) is 1.74. The lowest BCUT2D eigenvalue weighted by Gasteiger charge is -2.02. The molecule has 29 heavy (non-hydrogen) atoms. The summed E-state index contributed by atoms with van der Waals surface area (Å²) < 4.78 is 20.2. The molecule has 0 saturated heterocycles. The van der Waals surface area contributed by atoms with E-state index in [0.717, 1.165) is 17.8 Å². The van der Waals surface area contributed by atoms with Crippen molar-refractivity contribution in [2.24, 2.45) is 5.92 Å². The summed E-state index contributed by atoms with van der Waals surface area (Å²) in [4.78, 5) is 21.5. The third kappa shape index (κ3) is 4.01. The van der Waals surface area contributed by atoms with Gasteiger partial charge in [-0.2, -0.15) is 4.98 Å². The Balaban J connectivity index is 1.50. The van der Waals surface area contributed by atoms with Gasteiger partial charge in [-0.3, -0.25) is 4.79 Å². The molecule has 0 aliphatic carbocycles. The van der Waals surface area contributed by atoms with E-state index in [1.807, 2.05) is 28.8 Å². The molecule has 3 heterocycles. The molecule has 0 unspecified atom stereocenters. The fourth-order valence-corrected chi connectivity index (χ4v) is 3.06. The van der Waals surface area contributed by atoms with Crippen LogP contribution in [0.25, 0.3) is 16.9 Å². The van der Waals surface area contributed by atoms with Crippen molar-refractivity contribution < 1.29 is 13.7 Å². The highest BCUT2D eigenvalue weighted by Gasteiger charge is 2.18. The summed E-state index contributed by atoms with van der Waals surface area (Å²) in [5, 5.41) is 6.65. The molecule has 0 fully saturated rings. The first-order chi connectivity index (χ1) is 14.0. The Morgan fingerprint density at radius 3 is 2.72 bits per heavy atom. The number of carbonyl (C=O) groups excluding carboxylic acids is 1. The minimum absolute atomic E-state index is 0.0679. The van der Waals surface area contributed by atoms with Gasteiger partial charge in [0.2, 0.25) is 11.7 Å². The number of benzene rings is 1. The van der Waals surface area contributed by atoms with Crippen LogP contribution < -0.4 is 5.32 Å². The van der Waals surface area contributed by atoms with Crippen LogP contribution in [0.2, 0.25) is 0 Å². The van der Waals surface area contributed by atoms with Crippen molar-refractivity contribution >= 4 is 11.4 Å². The van der Waals surface area contributed by atoms with Gasteiger partial charge in [-0.05, 0) is 42.3 Å². The zero-order valence-corrected chi connectivity index (χ0v) is 16.1. The number of halogens is 1. The summed E-state index contributed by atoms with van der Waals surface area (Å²) >= 11 is 0. The predicted octanol–water partition coefficient (Wildman–Crippen LogP) is 3.65. The molecule has 0 saturated carbocycles. The van der Waals surface area contributed by atoms with Gasteiger partial charge in [-0.15, -0.1) is 0 Å². The molecular weight excluding hydrogens is 373 g/mol. The minimum atomic E-state index is -0.339. The van der Waals surface area contributed by atoms with Crippen molar-refractivity contribution in [2.45, 2.75) is 26.8 Å². The first-order valence-corrected chi connectivity index (χ1v) is 9.34. The van der Waals surface area contributed by atoms with Gasteiger partial charge in [0, 0.05) is 18.2 Å². The van der Waals surface area contributed by atoms with Crippen LogP contribution in [0.4, 0.5) is 4.39 Å². The zero-order valence-electron chi connectivity index (χ0n) is 16.1. The van der Waals surface area contributed by atoms with E-state index in [-0.39, 0.29) is 24.2 Å². The molecule has 1 amide bonds. The minimum Gasteiger partial charge on any atom is -0.342 e. The fourth-order valence-electron chi connectivity index (χ4n) is 3.06. The molecule has 1 N–H and O–H groups in total. The smallest absolute Gasteiger partial charge is 0.272 e. The molecule has 0 aliphatic heterocycles. The van der Waals surface area contributed by atoms with E-state index >= 15 is 0 Å². The number of fused-ring (bicyclic) bond motifs is 1. The second-order valence-corrected chi connectivity index (χ2v) is 7.13. The first-order valence-electron chi connectivity index (χ1n) is 9.34. The summed E-state index contributed by atoms with van der Waals surface area (Å²) in [5.74, 6) is 1.20. The Hall–Kier alpha value is -3.55. The maximum atomic E-state index is 13.0. The van der Waals surface area contributed by atoms with Crippen LogP contribution in [-0.4, -0.2) is 25.4 Å². The van der Waals surface area contributed by atoms with Crippen LogP contribution in [0.1, 0.15) is 36.1 Å². The molecule has 0 radical (unpaired) electrons. The lowest BCUT2D eigenvalue weighted by molar-refractivity contribution is 0.0943. The van der Waals surface area contributed by atoms with Crippen LogP contribution in [0.3, 0.4) is 0 Å². The average molecular weight is 393 g/mol. The number of hydrogen-bond donors (Lipinski definition) is 1. The molecule has 4 aromatic rings. The molecule has 0 atom stereocenters. The van der Waals surface area contributed by atoms with Crippen molar-refractivity contribution in [1.29, 1.82) is 0 Å². The van der Waals surface area contributed by atoms with Crippen LogP contribution in [0, 0.1) is 11.7 Å². The van der Waals surface area contributed by atoms with Gasteiger partial charge < -0.3 is 14.2 Å². The van der Waals surface area contributed by atoms with Gasteiger partial charge >= 0.3 is 0 Å². The van der Waals surface area contributed by atoms with Crippen LogP contribution in [0.15, 0.2) is 53.2 Å². The van der Waals surface area contributed by atoms with Crippen molar-refractivity contribution in [1.82, 2.24) is 24.8 Å². The van der Waals surface area contributed by atoms with E-state index < -0.39 is 0 Å². The Bertz CT molecular complexity index is 1150. The molecule has 0 aliphatic rings. The van der Waals surface area contributed by atoms with Gasteiger partial charge in [0.25, 0.3) is 5.91 Å². The summed E-state index contributed by atoms with van der Waals surface area (Å²) in [6.45, 7) is 4.29. The topological polar surface area (TPSA) is 85.3 Å². The molecule has 7 nitrogen and oxygen atoms in total. The van der Waals surface area contributed by atoms with Gasteiger partial charge in [-0.1, -0.05) is 25.1 Å². The van der Waals surface area contributed by atoms with E-state index in [9.17, 15) is 9.18 Å². The van der Waals surface area contributed by atoms with E-state index in [1.54, 1.807) is 12.1 Å². The second-order valence-electron chi connectivity index (χ2n) is 7.13. The van der Waals surface area contributed by atoms with Crippen LogP contribution >= 0.6 is 0 Å². The number of imidazole rings is 1. The molecule has 0 bridgehead atoms. The predicted molar refractivity (Wildman–Crippen MR) is 105 cm³/mol. The maximum absolute atomic E-state index is 13.0. The van der Waals surface area contributed by atoms with Gasteiger partial charge in [0.15, 0.2) is 5.69 Å². The Morgan fingerprint density at radius 1 is 1.17 bits per heavy atom. The molecule has 8 heteroatoms. The lowest BCUT2D eigenvalue weighted by Crippen LogP contribution is -2.23. The molecular formula is C21H20FN5O2. The van der Waals surface area contributed by atoms with Crippen molar-refractivity contribution in [3.63, 3.8) is 0 Å². The number of aromatic nitrogens is 4. The number of rotatable bonds is 6. The van der Waals surface area contributed by atoms with E-state index in [0.29, 0.717) is 23.0 Å². The van der Waals surface area contributed by atoms with Crippen LogP contribution in [0.5, 0.6) is 0 Å². The van der Waals surface area contributed by atoms with Gasteiger partial charge in [-0.25, -0.2) is 9.37 Å². The molecule has 4 rings (SSSR count). The molecule has 1 aromatic carbocycles. The van der Waals surface area contributed by atoms with E-state index in [2.05, 4.69) is 34.3 Å². The number of pyridine rings is 1. The van der Waals surface area contributed by atoms with Crippen molar-refractivity contribution in [2.75, 3.05) is 0 Å². The highest BCUT2D eigenvalue weighted by Crippen LogP contribution is 2.18. The summed E-state index contributed by atoms with van der Waals surface area (Å²) in [6, 6.07) is 11.4. The molecule has 0 spiro atoms. The quantitative estimate of drug-likeness (QED) is 0.540. The number of carbonyl (C=O) groups is 1. The SMILES string of the molecule is CC(C)Cc1nc(C(=O)NCc2nc(-c3ccc(F)cc3)no2)c2ccccn12. The van der Waals surface area contributed by atoms with Crippen molar-refractivity contribution in [3.05, 3.63) is 71.9 Å².